The van der Waals surface area contributed by atoms with Crippen LogP contribution in [-0.2, 0) is 4.79 Å². The molecule has 2 aromatic rings. The van der Waals surface area contributed by atoms with Crippen LogP contribution in [0.25, 0.3) is 5.57 Å². The monoisotopic (exact) mass is 520 g/mol. The molecular weight excluding hydrogens is 485 g/mol. The van der Waals surface area contributed by atoms with Crippen molar-refractivity contribution >= 4 is 17.5 Å². The molecule has 10 heteroatoms. The van der Waals surface area contributed by atoms with Gasteiger partial charge in [0.2, 0.25) is 5.91 Å². The minimum atomic E-state index is -2.93. The largest absolute Gasteiger partial charge is 0.490 e. The molecule has 1 N–H and O–H groups in total. The van der Waals surface area contributed by atoms with E-state index in [1.807, 2.05) is 26.0 Å². The summed E-state index contributed by atoms with van der Waals surface area (Å²) in [7, 11) is 0. The number of rotatable bonds is 9. The lowest BCUT2D eigenvalue weighted by molar-refractivity contribution is -0.126. The highest BCUT2D eigenvalue weighted by Gasteiger charge is 2.27. The molecule has 1 aromatic heterocycles. The number of nitrogens with zero attached hydrogens (tertiary/aromatic N) is 3. The molecule has 1 atom stereocenters. The summed E-state index contributed by atoms with van der Waals surface area (Å²) < 4.78 is 52.0. The molecular formula is C27H35F3N4O3. The Morgan fingerprint density at radius 1 is 1.27 bits per heavy atom. The fourth-order valence-electron chi connectivity index (χ4n) is 4.63. The van der Waals surface area contributed by atoms with Crippen LogP contribution in [0.3, 0.4) is 0 Å². The maximum atomic E-state index is 14.8. The molecule has 0 bridgehead atoms. The highest BCUT2D eigenvalue weighted by atomic mass is 19.3. The number of nitrogens with one attached hydrogen (secondary N) is 1. The minimum absolute atomic E-state index is 0.214. The fraction of sp³-hybridized carbons (Fsp3) is 0.593. The molecule has 1 aromatic carbocycles. The Morgan fingerprint density at radius 2 is 2.03 bits per heavy atom. The molecule has 1 aliphatic heterocycles. The van der Waals surface area contributed by atoms with Crippen molar-refractivity contribution in [2.24, 2.45) is 11.8 Å². The van der Waals surface area contributed by atoms with E-state index in [-0.39, 0.29) is 23.5 Å². The first-order valence-electron chi connectivity index (χ1n) is 12.9. The number of benzene rings is 1. The molecule has 7 nitrogen and oxygen atoms in total. The SMILES string of the molecule is CC(C)c1noc(N2CCC(COc3ccc(C4=CCC(C(=O)NCC(C)(F)F)CC4)cc3F)CC2)n1. The molecule has 1 fully saturated rings. The highest BCUT2D eigenvalue weighted by molar-refractivity contribution is 5.80. The predicted molar refractivity (Wildman–Crippen MR) is 134 cm³/mol. The Morgan fingerprint density at radius 3 is 2.62 bits per heavy atom. The van der Waals surface area contributed by atoms with E-state index < -0.39 is 18.3 Å². The van der Waals surface area contributed by atoms with Crippen LogP contribution in [0.4, 0.5) is 19.2 Å². The zero-order valence-corrected chi connectivity index (χ0v) is 21.6. The summed E-state index contributed by atoms with van der Waals surface area (Å²) in [4.78, 5) is 18.7. The van der Waals surface area contributed by atoms with Crippen LogP contribution in [0.15, 0.2) is 28.8 Å². The third-order valence-electron chi connectivity index (χ3n) is 6.96. The zero-order chi connectivity index (χ0) is 26.6. The second kappa shape index (κ2) is 11.6. The van der Waals surface area contributed by atoms with Crippen LogP contribution in [0.5, 0.6) is 5.75 Å². The Kier molecular flexibility index (Phi) is 8.44. The summed E-state index contributed by atoms with van der Waals surface area (Å²) in [5.74, 6) is -2.63. The second-order valence-electron chi connectivity index (χ2n) is 10.5. The smallest absolute Gasteiger partial charge is 0.324 e. The summed E-state index contributed by atoms with van der Waals surface area (Å²) in [6.07, 6.45) is 5.23. The lowest BCUT2D eigenvalue weighted by Gasteiger charge is -2.30. The van der Waals surface area contributed by atoms with Gasteiger partial charge in [0, 0.05) is 31.8 Å². The molecule has 202 valence electrons. The molecule has 0 radical (unpaired) electrons. The van der Waals surface area contributed by atoms with Crippen molar-refractivity contribution < 1.29 is 27.2 Å². The molecule has 0 spiro atoms. The van der Waals surface area contributed by atoms with E-state index in [0.29, 0.717) is 43.6 Å². The number of piperidine rings is 1. The van der Waals surface area contributed by atoms with Gasteiger partial charge in [-0.2, -0.15) is 4.98 Å². The third-order valence-corrected chi connectivity index (χ3v) is 6.96. The van der Waals surface area contributed by atoms with Gasteiger partial charge in [0.1, 0.15) is 0 Å². The molecule has 4 rings (SSSR count). The number of aromatic nitrogens is 2. The van der Waals surface area contributed by atoms with Crippen molar-refractivity contribution in [1.82, 2.24) is 15.5 Å². The van der Waals surface area contributed by atoms with Gasteiger partial charge in [0.25, 0.3) is 5.92 Å². The Labute approximate surface area is 215 Å². The number of amides is 1. The number of carbonyl (C=O) groups is 1. The molecule has 1 saturated heterocycles. The van der Waals surface area contributed by atoms with E-state index in [4.69, 9.17) is 9.26 Å². The van der Waals surface area contributed by atoms with Gasteiger partial charge < -0.3 is 19.5 Å². The van der Waals surface area contributed by atoms with Gasteiger partial charge in [-0.25, -0.2) is 13.2 Å². The highest BCUT2D eigenvalue weighted by Crippen LogP contribution is 2.33. The number of halogens is 3. The van der Waals surface area contributed by atoms with Crippen molar-refractivity contribution in [2.75, 3.05) is 31.1 Å². The molecule has 0 saturated carbocycles. The van der Waals surface area contributed by atoms with Gasteiger partial charge in [-0.15, -0.1) is 0 Å². The van der Waals surface area contributed by atoms with Gasteiger partial charge in [0.15, 0.2) is 17.4 Å². The van der Waals surface area contributed by atoms with Crippen LogP contribution in [-0.4, -0.2) is 48.2 Å². The standard InChI is InChI=1S/C27H35F3N4O3/c1-17(2)24-32-26(37-33-24)34-12-10-18(11-13-34)15-36-23-9-8-21(14-22(23)28)19-4-6-20(7-5-19)25(35)31-16-27(3,29)30/h4,8-9,14,17-18,20H,5-7,10-13,15-16H2,1-3H3,(H,31,35). The Bertz CT molecular complexity index is 1100. The van der Waals surface area contributed by atoms with E-state index >= 15 is 0 Å². The van der Waals surface area contributed by atoms with Crippen LogP contribution in [0.1, 0.15) is 70.2 Å². The quantitative estimate of drug-likeness (QED) is 0.465. The lowest BCUT2D eigenvalue weighted by Crippen LogP contribution is -2.38. The van der Waals surface area contributed by atoms with Gasteiger partial charge in [0.05, 0.1) is 13.2 Å². The third kappa shape index (κ3) is 7.26. The molecule has 2 aliphatic rings. The van der Waals surface area contributed by atoms with E-state index in [1.54, 1.807) is 6.07 Å². The number of allylic oxidation sites excluding steroid dienone is 2. The van der Waals surface area contributed by atoms with E-state index in [2.05, 4.69) is 20.4 Å². The first-order chi connectivity index (χ1) is 17.6. The summed E-state index contributed by atoms with van der Waals surface area (Å²) in [5.41, 5.74) is 1.70. The molecule has 1 unspecified atom stereocenters. The topological polar surface area (TPSA) is 80.5 Å². The van der Waals surface area contributed by atoms with Crippen LogP contribution < -0.4 is 15.0 Å². The van der Waals surface area contributed by atoms with Crippen molar-refractivity contribution in [3.63, 3.8) is 0 Å². The summed E-state index contributed by atoms with van der Waals surface area (Å²) in [5, 5.41) is 6.33. The summed E-state index contributed by atoms with van der Waals surface area (Å²) in [6, 6.07) is 5.49. The van der Waals surface area contributed by atoms with Crippen LogP contribution in [0.2, 0.25) is 0 Å². The van der Waals surface area contributed by atoms with Crippen molar-refractivity contribution in [3.05, 3.63) is 41.5 Å². The number of hydrogen-bond donors (Lipinski definition) is 1. The van der Waals surface area contributed by atoms with E-state index in [1.165, 1.54) is 6.07 Å². The second-order valence-corrected chi connectivity index (χ2v) is 10.5. The number of carbonyl (C=O) groups excluding carboxylic acids is 1. The first-order valence-corrected chi connectivity index (χ1v) is 12.9. The fourth-order valence-corrected chi connectivity index (χ4v) is 4.63. The van der Waals surface area contributed by atoms with Gasteiger partial charge >= 0.3 is 6.01 Å². The lowest BCUT2D eigenvalue weighted by atomic mass is 9.86. The van der Waals surface area contributed by atoms with Gasteiger partial charge in [-0.05, 0) is 61.3 Å². The molecule has 2 heterocycles. The number of ether oxygens (including phenoxy) is 1. The maximum absolute atomic E-state index is 14.8. The van der Waals surface area contributed by atoms with Crippen LogP contribution in [0, 0.1) is 17.7 Å². The van der Waals surface area contributed by atoms with Gasteiger partial charge in [-0.3, -0.25) is 4.79 Å². The summed E-state index contributed by atoms with van der Waals surface area (Å²) >= 11 is 0. The number of alkyl halides is 2. The average molecular weight is 521 g/mol. The minimum Gasteiger partial charge on any atom is -0.490 e. The van der Waals surface area contributed by atoms with Gasteiger partial charge in [-0.1, -0.05) is 31.1 Å². The van der Waals surface area contributed by atoms with Crippen LogP contribution >= 0.6 is 0 Å². The number of hydrogen-bond acceptors (Lipinski definition) is 6. The normalized spacial score (nSPS) is 19.2. The van der Waals surface area contributed by atoms with E-state index in [0.717, 1.165) is 44.0 Å². The maximum Gasteiger partial charge on any atom is 0.324 e. The average Bonchev–Trinajstić information content (AvgIpc) is 3.37. The first kappa shape index (κ1) is 27.0. The predicted octanol–water partition coefficient (Wildman–Crippen LogP) is 5.58. The molecule has 37 heavy (non-hydrogen) atoms. The zero-order valence-electron chi connectivity index (χ0n) is 21.6. The Balaban J connectivity index is 1.24. The molecule has 1 amide bonds. The Hall–Kier alpha value is -3.04. The van der Waals surface area contributed by atoms with Crippen molar-refractivity contribution in [1.29, 1.82) is 0 Å². The summed E-state index contributed by atoms with van der Waals surface area (Å²) in [6.45, 7) is 6.15. The van der Waals surface area contributed by atoms with E-state index in [9.17, 15) is 18.0 Å². The number of anilines is 1. The molecule has 1 aliphatic carbocycles. The van der Waals surface area contributed by atoms with Crippen molar-refractivity contribution in [2.45, 2.75) is 64.7 Å². The van der Waals surface area contributed by atoms with Crippen molar-refractivity contribution in [3.8, 4) is 5.75 Å².